The summed E-state index contributed by atoms with van der Waals surface area (Å²) in [7, 11) is 0. The highest BCUT2D eigenvalue weighted by Crippen LogP contribution is 2.33. The van der Waals surface area contributed by atoms with Crippen LogP contribution in [0.3, 0.4) is 0 Å². The average Bonchev–Trinajstić information content (AvgIpc) is 3.04. The first-order chi connectivity index (χ1) is 10.7. The van der Waals surface area contributed by atoms with Crippen LogP contribution < -0.4 is 0 Å². The monoisotopic (exact) mass is 319 g/mol. The van der Waals surface area contributed by atoms with Crippen molar-refractivity contribution < 1.29 is 9.18 Å². The molecule has 0 saturated carbocycles. The number of halogens is 1. The Labute approximate surface area is 133 Å². The van der Waals surface area contributed by atoms with E-state index in [1.807, 2.05) is 11.8 Å². The zero-order valence-electron chi connectivity index (χ0n) is 12.5. The molecule has 0 spiro atoms. The Morgan fingerprint density at radius 3 is 3.00 bits per heavy atom. The van der Waals surface area contributed by atoms with Crippen LogP contribution in [-0.2, 0) is 4.79 Å². The van der Waals surface area contributed by atoms with Gasteiger partial charge < -0.3 is 4.90 Å². The van der Waals surface area contributed by atoms with Gasteiger partial charge in [-0.05, 0) is 25.0 Å². The molecule has 22 heavy (non-hydrogen) atoms. The zero-order chi connectivity index (χ0) is 15.5. The highest BCUT2D eigenvalue weighted by atomic mass is 32.1. The molecule has 0 radical (unpaired) electrons. The van der Waals surface area contributed by atoms with Crippen molar-refractivity contribution in [1.29, 1.82) is 0 Å². The van der Waals surface area contributed by atoms with Gasteiger partial charge in [0.05, 0.1) is 0 Å². The number of carbonyl (C=O) groups excluding carboxylic acids is 1. The van der Waals surface area contributed by atoms with Gasteiger partial charge in [-0.1, -0.05) is 30.4 Å². The van der Waals surface area contributed by atoms with E-state index in [9.17, 15) is 9.18 Å². The maximum Gasteiger partial charge on any atom is 0.222 e. The molecule has 1 aliphatic heterocycles. The predicted octanol–water partition coefficient (Wildman–Crippen LogP) is 3.46. The van der Waals surface area contributed by atoms with Crippen LogP contribution in [0.2, 0.25) is 0 Å². The molecule has 1 aliphatic rings. The lowest BCUT2D eigenvalue weighted by Gasteiger charge is -2.31. The van der Waals surface area contributed by atoms with Gasteiger partial charge in [-0.15, -0.1) is 10.2 Å². The number of piperidine rings is 1. The molecule has 3 rings (SSSR count). The van der Waals surface area contributed by atoms with E-state index in [1.165, 1.54) is 17.4 Å². The molecule has 0 N–H and O–H groups in total. The summed E-state index contributed by atoms with van der Waals surface area (Å²) >= 11 is 1.43. The van der Waals surface area contributed by atoms with Gasteiger partial charge in [-0.3, -0.25) is 4.79 Å². The van der Waals surface area contributed by atoms with E-state index < -0.39 is 0 Å². The van der Waals surface area contributed by atoms with Crippen molar-refractivity contribution >= 4 is 17.2 Å². The number of benzene rings is 1. The zero-order valence-corrected chi connectivity index (χ0v) is 13.3. The number of hydrogen-bond acceptors (Lipinski definition) is 4. The maximum absolute atomic E-state index is 13.8. The minimum absolute atomic E-state index is 0.184. The second-order valence-electron chi connectivity index (χ2n) is 5.46. The largest absolute Gasteiger partial charge is 0.342 e. The molecule has 1 atom stereocenters. The molecule has 6 heteroatoms. The lowest BCUT2D eigenvalue weighted by molar-refractivity contribution is -0.132. The first-order valence-electron chi connectivity index (χ1n) is 7.55. The Kier molecular flexibility index (Phi) is 4.47. The minimum atomic E-state index is -0.281. The smallest absolute Gasteiger partial charge is 0.222 e. The molecule has 2 aromatic rings. The van der Waals surface area contributed by atoms with Crippen molar-refractivity contribution in [1.82, 2.24) is 15.1 Å². The summed E-state index contributed by atoms with van der Waals surface area (Å²) in [5.74, 6) is 0.113. The summed E-state index contributed by atoms with van der Waals surface area (Å²) in [6.45, 7) is 3.40. The SMILES string of the molecule is CCC(=O)N1CCC[C@H](c2nnc(-c3ccccc3F)s2)C1. The molecule has 0 aliphatic carbocycles. The fraction of sp³-hybridized carbons (Fsp3) is 0.438. The van der Waals surface area contributed by atoms with E-state index in [0.717, 1.165) is 24.4 Å². The van der Waals surface area contributed by atoms with E-state index in [1.54, 1.807) is 18.2 Å². The van der Waals surface area contributed by atoms with E-state index in [-0.39, 0.29) is 17.6 Å². The fourth-order valence-corrected chi connectivity index (χ4v) is 3.77. The summed E-state index contributed by atoms with van der Waals surface area (Å²) in [5.41, 5.74) is 0.489. The predicted molar refractivity (Wildman–Crippen MR) is 84.1 cm³/mol. The third kappa shape index (κ3) is 3.02. The molecule has 1 amide bonds. The summed E-state index contributed by atoms with van der Waals surface area (Å²) < 4.78 is 13.8. The van der Waals surface area contributed by atoms with Crippen LogP contribution in [0.1, 0.15) is 37.1 Å². The molecule has 1 fully saturated rings. The van der Waals surface area contributed by atoms with Crippen LogP contribution in [0.4, 0.5) is 4.39 Å². The number of aromatic nitrogens is 2. The molecule has 0 bridgehead atoms. The lowest BCUT2D eigenvalue weighted by atomic mass is 9.98. The summed E-state index contributed by atoms with van der Waals surface area (Å²) in [4.78, 5) is 13.8. The third-order valence-electron chi connectivity index (χ3n) is 3.97. The molecule has 2 heterocycles. The highest BCUT2D eigenvalue weighted by Gasteiger charge is 2.26. The first kappa shape index (κ1) is 15.1. The molecule has 1 aromatic heterocycles. The second-order valence-corrected chi connectivity index (χ2v) is 6.47. The van der Waals surface area contributed by atoms with Crippen LogP contribution in [0.25, 0.3) is 10.6 Å². The molecule has 4 nitrogen and oxygen atoms in total. The standard InChI is InChI=1S/C16H18FN3OS/c1-2-14(21)20-9-5-6-11(10-20)15-18-19-16(22-15)12-7-3-4-8-13(12)17/h3-4,7-8,11H,2,5-6,9-10H2,1H3/t11-/m0/s1. The molecular formula is C16H18FN3OS. The quantitative estimate of drug-likeness (QED) is 0.870. The number of likely N-dealkylation sites (tertiary alicyclic amines) is 1. The van der Waals surface area contributed by atoms with Gasteiger partial charge in [0.2, 0.25) is 5.91 Å². The van der Waals surface area contributed by atoms with Crippen LogP contribution in [-0.4, -0.2) is 34.1 Å². The Balaban J connectivity index is 1.79. The van der Waals surface area contributed by atoms with E-state index >= 15 is 0 Å². The van der Waals surface area contributed by atoms with Gasteiger partial charge in [0.1, 0.15) is 10.8 Å². The van der Waals surface area contributed by atoms with Crippen LogP contribution in [0, 0.1) is 5.82 Å². The van der Waals surface area contributed by atoms with Gasteiger partial charge in [0, 0.05) is 31.0 Å². The minimum Gasteiger partial charge on any atom is -0.342 e. The number of carbonyl (C=O) groups is 1. The Hall–Kier alpha value is -1.82. The van der Waals surface area contributed by atoms with Gasteiger partial charge in [0.15, 0.2) is 5.01 Å². The molecule has 1 aromatic carbocycles. The second kappa shape index (κ2) is 6.52. The molecule has 116 valence electrons. The Bertz CT molecular complexity index is 673. The van der Waals surface area contributed by atoms with Crippen LogP contribution in [0.5, 0.6) is 0 Å². The van der Waals surface area contributed by atoms with Gasteiger partial charge >= 0.3 is 0 Å². The van der Waals surface area contributed by atoms with Crippen molar-refractivity contribution in [3.8, 4) is 10.6 Å². The Morgan fingerprint density at radius 1 is 1.41 bits per heavy atom. The average molecular weight is 319 g/mol. The number of rotatable bonds is 3. The van der Waals surface area contributed by atoms with Crippen molar-refractivity contribution in [3.05, 3.63) is 35.1 Å². The van der Waals surface area contributed by atoms with E-state index in [2.05, 4.69) is 10.2 Å². The van der Waals surface area contributed by atoms with E-state index in [4.69, 9.17) is 0 Å². The first-order valence-corrected chi connectivity index (χ1v) is 8.36. The maximum atomic E-state index is 13.8. The van der Waals surface area contributed by atoms with Crippen molar-refractivity contribution in [3.63, 3.8) is 0 Å². The number of hydrogen-bond donors (Lipinski definition) is 0. The summed E-state index contributed by atoms with van der Waals surface area (Å²) in [6, 6.07) is 6.60. The van der Waals surface area contributed by atoms with Crippen LogP contribution >= 0.6 is 11.3 Å². The van der Waals surface area contributed by atoms with Crippen LogP contribution in [0.15, 0.2) is 24.3 Å². The van der Waals surface area contributed by atoms with Crippen molar-refractivity contribution in [2.45, 2.75) is 32.1 Å². The van der Waals surface area contributed by atoms with Crippen molar-refractivity contribution in [2.75, 3.05) is 13.1 Å². The number of nitrogens with zero attached hydrogens (tertiary/aromatic N) is 3. The lowest BCUT2D eigenvalue weighted by Crippen LogP contribution is -2.38. The van der Waals surface area contributed by atoms with E-state index in [0.29, 0.717) is 23.5 Å². The fourth-order valence-electron chi connectivity index (χ4n) is 2.77. The third-order valence-corrected chi connectivity index (χ3v) is 5.09. The molecular weight excluding hydrogens is 301 g/mol. The highest BCUT2D eigenvalue weighted by molar-refractivity contribution is 7.14. The van der Waals surface area contributed by atoms with Gasteiger partial charge in [0.25, 0.3) is 0 Å². The Morgan fingerprint density at radius 2 is 2.23 bits per heavy atom. The number of amides is 1. The molecule has 1 saturated heterocycles. The normalized spacial score (nSPS) is 18.5. The summed E-state index contributed by atoms with van der Waals surface area (Å²) in [5, 5.41) is 9.88. The van der Waals surface area contributed by atoms with Gasteiger partial charge in [-0.25, -0.2) is 4.39 Å². The van der Waals surface area contributed by atoms with Gasteiger partial charge in [-0.2, -0.15) is 0 Å². The summed E-state index contributed by atoms with van der Waals surface area (Å²) in [6.07, 6.45) is 2.51. The topological polar surface area (TPSA) is 46.1 Å². The molecule has 0 unspecified atom stereocenters. The van der Waals surface area contributed by atoms with Crippen molar-refractivity contribution in [2.24, 2.45) is 0 Å².